The molecule has 0 aliphatic carbocycles. The normalized spacial score (nSPS) is 13.8. The maximum atomic E-state index is 13.1. The number of benzene rings is 2. The maximum absolute atomic E-state index is 13.1. The minimum atomic E-state index is -0.958. The topological polar surface area (TPSA) is 107 Å². The Bertz CT molecular complexity index is 1210. The number of hydrogen-bond donors (Lipinski definition) is 2. The van der Waals surface area contributed by atoms with Gasteiger partial charge in [-0.05, 0) is 41.7 Å². The molecule has 3 atom stereocenters. The summed E-state index contributed by atoms with van der Waals surface area (Å²) in [6, 6.07) is 14.3. The van der Waals surface area contributed by atoms with E-state index in [1.54, 1.807) is 20.8 Å². The van der Waals surface area contributed by atoms with Crippen LogP contribution in [0.4, 0.5) is 0 Å². The Balaban J connectivity index is 1.72. The van der Waals surface area contributed by atoms with Crippen molar-refractivity contribution in [2.45, 2.75) is 52.9 Å². The minimum Gasteiger partial charge on any atom is -0.503 e. The fourth-order valence-corrected chi connectivity index (χ4v) is 3.97. The zero-order valence-electron chi connectivity index (χ0n) is 21.5. The number of carbonyl (C=O) groups excluding carboxylic acids is 2. The van der Waals surface area contributed by atoms with Crippen LogP contribution in [-0.2, 0) is 9.53 Å². The first-order valence-electron chi connectivity index (χ1n) is 12.0. The first-order valence-corrected chi connectivity index (χ1v) is 12.0. The van der Waals surface area contributed by atoms with Gasteiger partial charge in [0.2, 0.25) is 0 Å². The third-order valence-electron chi connectivity index (χ3n) is 5.94. The Morgan fingerprint density at radius 1 is 0.944 bits per heavy atom. The van der Waals surface area contributed by atoms with Gasteiger partial charge in [-0.2, -0.15) is 0 Å². The van der Waals surface area contributed by atoms with Gasteiger partial charge >= 0.3 is 5.97 Å². The van der Waals surface area contributed by atoms with Crippen LogP contribution in [0.3, 0.4) is 0 Å². The summed E-state index contributed by atoms with van der Waals surface area (Å²) in [6.07, 6.45) is 0.337. The second-order valence-electron chi connectivity index (χ2n) is 9.38. The van der Waals surface area contributed by atoms with E-state index in [4.69, 9.17) is 14.2 Å². The zero-order chi connectivity index (χ0) is 26.4. The number of rotatable bonds is 10. The summed E-state index contributed by atoms with van der Waals surface area (Å²) in [5, 5.41) is 15.1. The first-order chi connectivity index (χ1) is 17.1. The second kappa shape index (κ2) is 11.7. The lowest BCUT2D eigenvalue weighted by atomic mass is 10.0. The van der Waals surface area contributed by atoms with Crippen LogP contribution in [0.1, 0.15) is 45.1 Å². The van der Waals surface area contributed by atoms with E-state index in [9.17, 15) is 14.7 Å². The third-order valence-corrected chi connectivity index (χ3v) is 5.94. The fourth-order valence-electron chi connectivity index (χ4n) is 3.97. The van der Waals surface area contributed by atoms with Gasteiger partial charge < -0.3 is 24.6 Å². The molecule has 0 aliphatic heterocycles. The summed E-state index contributed by atoms with van der Waals surface area (Å²) in [6.45, 7) is 9.35. The molecule has 192 valence electrons. The molecule has 0 spiro atoms. The van der Waals surface area contributed by atoms with Gasteiger partial charge in [0.15, 0.2) is 17.2 Å². The average molecular weight is 495 g/mol. The van der Waals surface area contributed by atoms with E-state index in [-0.39, 0.29) is 23.3 Å². The van der Waals surface area contributed by atoms with Crippen LogP contribution < -0.4 is 14.8 Å². The molecule has 1 heterocycles. The highest BCUT2D eigenvalue weighted by molar-refractivity contribution is 5.98. The van der Waals surface area contributed by atoms with Crippen LogP contribution in [0.5, 0.6) is 17.2 Å². The molecule has 3 rings (SSSR count). The first kappa shape index (κ1) is 26.8. The Morgan fingerprint density at radius 3 is 2.28 bits per heavy atom. The van der Waals surface area contributed by atoms with E-state index < -0.39 is 35.9 Å². The van der Waals surface area contributed by atoms with E-state index in [1.807, 2.05) is 56.3 Å². The van der Waals surface area contributed by atoms with Crippen molar-refractivity contribution in [2.75, 3.05) is 7.11 Å². The molecule has 0 unspecified atom stereocenters. The highest BCUT2D eigenvalue weighted by Gasteiger charge is 2.32. The molecule has 8 heteroatoms. The fraction of sp³-hybridized carbons (Fsp3) is 0.393. The summed E-state index contributed by atoms with van der Waals surface area (Å²) in [7, 11) is 1.37. The van der Waals surface area contributed by atoms with E-state index >= 15 is 0 Å². The lowest BCUT2D eigenvalue weighted by molar-refractivity contribution is -0.157. The van der Waals surface area contributed by atoms with E-state index in [0.29, 0.717) is 5.75 Å². The molecule has 8 nitrogen and oxygen atoms in total. The molecule has 36 heavy (non-hydrogen) atoms. The van der Waals surface area contributed by atoms with E-state index in [1.165, 1.54) is 19.4 Å². The van der Waals surface area contributed by atoms with Crippen LogP contribution in [-0.4, -0.2) is 47.3 Å². The summed E-state index contributed by atoms with van der Waals surface area (Å²) in [5.74, 6) is -1.14. The summed E-state index contributed by atoms with van der Waals surface area (Å²) in [4.78, 5) is 29.9. The number of fused-ring (bicyclic) bond motifs is 1. The van der Waals surface area contributed by atoms with Crippen LogP contribution in [0.15, 0.2) is 54.7 Å². The Morgan fingerprint density at radius 2 is 1.64 bits per heavy atom. The third kappa shape index (κ3) is 6.24. The lowest BCUT2D eigenvalue weighted by Gasteiger charge is -2.30. The molecule has 0 bridgehead atoms. The molecule has 0 radical (unpaired) electrons. The maximum Gasteiger partial charge on any atom is 0.329 e. The van der Waals surface area contributed by atoms with Gasteiger partial charge in [0.05, 0.1) is 7.11 Å². The molecule has 0 saturated carbocycles. The number of carbonyl (C=O) groups is 2. The number of methoxy groups -OCH3 is 1. The molecule has 2 aromatic carbocycles. The van der Waals surface area contributed by atoms with Crippen molar-refractivity contribution in [1.82, 2.24) is 10.3 Å². The number of aromatic hydroxyl groups is 1. The quantitative estimate of drug-likeness (QED) is 0.392. The van der Waals surface area contributed by atoms with Gasteiger partial charge in [0.1, 0.15) is 24.0 Å². The summed E-state index contributed by atoms with van der Waals surface area (Å²) in [5.41, 5.74) is -0.236. The smallest absolute Gasteiger partial charge is 0.329 e. The molecule has 1 amide bonds. The van der Waals surface area contributed by atoms with Crippen molar-refractivity contribution < 1.29 is 28.9 Å². The highest BCUT2D eigenvalue weighted by atomic mass is 16.6. The molecule has 1 aromatic heterocycles. The average Bonchev–Trinajstić information content (AvgIpc) is 2.85. The van der Waals surface area contributed by atoms with Crippen LogP contribution in [0.25, 0.3) is 10.8 Å². The van der Waals surface area contributed by atoms with Crippen molar-refractivity contribution in [3.05, 3.63) is 60.4 Å². The predicted octanol–water partition coefficient (Wildman–Crippen LogP) is 4.74. The summed E-state index contributed by atoms with van der Waals surface area (Å²) >= 11 is 0. The van der Waals surface area contributed by atoms with Gasteiger partial charge in [0.25, 0.3) is 5.91 Å². The molecule has 3 aromatic rings. The Labute approximate surface area is 211 Å². The molecule has 0 aliphatic rings. The van der Waals surface area contributed by atoms with E-state index in [2.05, 4.69) is 10.3 Å². The van der Waals surface area contributed by atoms with E-state index in [0.717, 1.165) is 10.8 Å². The minimum absolute atomic E-state index is 0.0456. The summed E-state index contributed by atoms with van der Waals surface area (Å²) < 4.78 is 17.1. The molecule has 0 saturated heterocycles. The second-order valence-corrected chi connectivity index (χ2v) is 9.38. The number of pyridine rings is 1. The van der Waals surface area contributed by atoms with Crippen LogP contribution in [0.2, 0.25) is 0 Å². The van der Waals surface area contributed by atoms with Crippen molar-refractivity contribution in [2.24, 2.45) is 11.8 Å². The van der Waals surface area contributed by atoms with Crippen molar-refractivity contribution >= 4 is 22.6 Å². The van der Waals surface area contributed by atoms with Gasteiger partial charge in [0, 0.05) is 12.3 Å². The zero-order valence-corrected chi connectivity index (χ0v) is 21.5. The van der Waals surface area contributed by atoms with Gasteiger partial charge in [-0.25, -0.2) is 9.78 Å². The van der Waals surface area contributed by atoms with Gasteiger partial charge in [-0.3, -0.25) is 4.79 Å². The number of esters is 1. The molecule has 0 fully saturated rings. The number of ether oxygens (including phenoxy) is 3. The monoisotopic (exact) mass is 494 g/mol. The van der Waals surface area contributed by atoms with Gasteiger partial charge in [-0.1, -0.05) is 58.0 Å². The largest absolute Gasteiger partial charge is 0.503 e. The lowest BCUT2D eigenvalue weighted by Crippen LogP contribution is -2.48. The highest BCUT2D eigenvalue weighted by Crippen LogP contribution is 2.28. The predicted molar refractivity (Wildman–Crippen MR) is 137 cm³/mol. The number of hydrogen-bond acceptors (Lipinski definition) is 7. The van der Waals surface area contributed by atoms with Crippen LogP contribution in [0, 0.1) is 11.8 Å². The standard InChI is InChI=1S/C28H34N2O6/c1-16(2)23(30-27(32)24-25(31)22(34-6)13-14-29-24)28(33)35-18(5)26(17(3)4)36-21-12-11-19-9-7-8-10-20(19)15-21/h7-18,23,26,31H,1-6H3,(H,30,32)/t18-,23-,26+/m0/s1. The number of nitrogens with one attached hydrogen (secondary N) is 1. The van der Waals surface area contributed by atoms with Crippen LogP contribution >= 0.6 is 0 Å². The number of nitrogens with zero attached hydrogens (tertiary/aromatic N) is 1. The Hall–Kier alpha value is -3.81. The van der Waals surface area contributed by atoms with Crippen molar-refractivity contribution in [1.29, 1.82) is 0 Å². The number of amides is 1. The Kier molecular flexibility index (Phi) is 8.74. The van der Waals surface area contributed by atoms with Gasteiger partial charge in [-0.15, -0.1) is 0 Å². The van der Waals surface area contributed by atoms with Crippen molar-refractivity contribution in [3.63, 3.8) is 0 Å². The molecule has 2 N–H and O–H groups in total. The van der Waals surface area contributed by atoms with Crippen molar-refractivity contribution in [3.8, 4) is 17.2 Å². The molecular formula is C28H34N2O6. The molecular weight excluding hydrogens is 460 g/mol. The SMILES string of the molecule is COc1ccnc(C(=O)N[C@H](C(=O)O[C@@H](C)[C@H](Oc2ccc3ccccc3c2)C(C)C)C(C)C)c1O. The number of aromatic nitrogens is 1.